The van der Waals surface area contributed by atoms with E-state index in [4.69, 9.17) is 11.6 Å². The highest BCUT2D eigenvalue weighted by atomic mass is 35.5. The number of urea groups is 2. The zero-order valence-corrected chi connectivity index (χ0v) is 13.0. The number of hydrogen-bond donors (Lipinski definition) is 2. The maximum Gasteiger partial charge on any atom is 0.321 e. The molecule has 1 aromatic rings. The molecule has 0 aromatic heterocycles. The van der Waals surface area contributed by atoms with Gasteiger partial charge in [0.05, 0.1) is 6.04 Å². The van der Waals surface area contributed by atoms with Crippen LogP contribution in [0.4, 0.5) is 15.3 Å². The quantitative estimate of drug-likeness (QED) is 0.878. The third kappa shape index (κ3) is 3.27. The zero-order chi connectivity index (χ0) is 15.5. The molecule has 7 heteroatoms. The molecule has 2 aliphatic rings. The Balaban J connectivity index is 1.60. The summed E-state index contributed by atoms with van der Waals surface area (Å²) < 4.78 is 0. The van der Waals surface area contributed by atoms with E-state index >= 15 is 0 Å². The molecule has 2 saturated heterocycles. The molecule has 2 N–H and O–H groups in total. The van der Waals surface area contributed by atoms with Crippen molar-refractivity contribution in [1.29, 1.82) is 0 Å². The standard InChI is InChI=1S/C15H19ClN4O2/c16-11-3-5-12(6-4-11)18-15(22)19-8-1-2-13(10-19)20-9-7-17-14(20)21/h3-6,13H,1-2,7-10H2,(H,17,21)(H,18,22)/t13-/m1/s1. The Labute approximate surface area is 134 Å². The normalized spacial score (nSPS) is 21.7. The highest BCUT2D eigenvalue weighted by Crippen LogP contribution is 2.19. The van der Waals surface area contributed by atoms with Crippen molar-refractivity contribution in [2.75, 3.05) is 31.5 Å². The molecule has 4 amide bonds. The fourth-order valence-electron chi connectivity index (χ4n) is 2.96. The first-order valence-corrected chi connectivity index (χ1v) is 7.87. The molecule has 2 aliphatic heterocycles. The minimum absolute atomic E-state index is 0.0232. The Morgan fingerprint density at radius 3 is 2.73 bits per heavy atom. The number of piperidine rings is 1. The van der Waals surface area contributed by atoms with E-state index in [9.17, 15) is 9.59 Å². The summed E-state index contributed by atoms with van der Waals surface area (Å²) in [6, 6.07) is 6.98. The molecule has 1 aromatic carbocycles. The number of benzene rings is 1. The molecule has 2 fully saturated rings. The van der Waals surface area contributed by atoms with Crippen molar-refractivity contribution in [3.05, 3.63) is 29.3 Å². The number of nitrogens with zero attached hydrogens (tertiary/aromatic N) is 2. The van der Waals surface area contributed by atoms with Crippen molar-refractivity contribution in [2.24, 2.45) is 0 Å². The largest absolute Gasteiger partial charge is 0.336 e. The number of anilines is 1. The predicted molar refractivity (Wildman–Crippen MR) is 85.2 cm³/mol. The van der Waals surface area contributed by atoms with Crippen molar-refractivity contribution in [3.63, 3.8) is 0 Å². The Kier molecular flexibility index (Phi) is 4.38. The molecule has 118 valence electrons. The number of hydrogen-bond acceptors (Lipinski definition) is 2. The first-order valence-electron chi connectivity index (χ1n) is 7.49. The monoisotopic (exact) mass is 322 g/mol. The van der Waals surface area contributed by atoms with E-state index < -0.39 is 0 Å². The summed E-state index contributed by atoms with van der Waals surface area (Å²) in [5.41, 5.74) is 0.718. The van der Waals surface area contributed by atoms with Crippen LogP contribution in [0, 0.1) is 0 Å². The lowest BCUT2D eigenvalue weighted by molar-refractivity contribution is 0.139. The third-order valence-electron chi connectivity index (χ3n) is 4.11. The van der Waals surface area contributed by atoms with Crippen molar-refractivity contribution in [2.45, 2.75) is 18.9 Å². The van der Waals surface area contributed by atoms with Gasteiger partial charge in [0.25, 0.3) is 0 Å². The molecule has 0 aliphatic carbocycles. The summed E-state index contributed by atoms with van der Waals surface area (Å²) in [4.78, 5) is 27.7. The summed E-state index contributed by atoms with van der Waals surface area (Å²) >= 11 is 5.84. The highest BCUT2D eigenvalue weighted by molar-refractivity contribution is 6.30. The molecule has 2 heterocycles. The molecule has 6 nitrogen and oxygen atoms in total. The first kappa shape index (κ1) is 15.0. The van der Waals surface area contributed by atoms with E-state index in [2.05, 4.69) is 10.6 Å². The van der Waals surface area contributed by atoms with Gasteiger partial charge >= 0.3 is 12.1 Å². The summed E-state index contributed by atoms with van der Waals surface area (Å²) in [5, 5.41) is 6.32. The van der Waals surface area contributed by atoms with Crippen LogP contribution in [0.3, 0.4) is 0 Å². The Morgan fingerprint density at radius 2 is 2.05 bits per heavy atom. The second-order valence-corrected chi connectivity index (χ2v) is 6.04. The van der Waals surface area contributed by atoms with Gasteiger partial charge in [-0.3, -0.25) is 0 Å². The molecule has 3 rings (SSSR count). The van der Waals surface area contributed by atoms with Crippen LogP contribution in [-0.4, -0.2) is 54.1 Å². The molecule has 0 bridgehead atoms. The van der Waals surface area contributed by atoms with Crippen molar-refractivity contribution in [1.82, 2.24) is 15.1 Å². The first-order chi connectivity index (χ1) is 10.6. The lowest BCUT2D eigenvalue weighted by atomic mass is 10.0. The molecule has 0 spiro atoms. The molecular formula is C15H19ClN4O2. The van der Waals surface area contributed by atoms with Gasteiger partial charge in [-0.05, 0) is 37.1 Å². The lowest BCUT2D eigenvalue weighted by Crippen LogP contribution is -2.51. The number of amides is 4. The van der Waals surface area contributed by atoms with Gasteiger partial charge in [0.2, 0.25) is 0 Å². The zero-order valence-electron chi connectivity index (χ0n) is 12.2. The van der Waals surface area contributed by atoms with Crippen LogP contribution < -0.4 is 10.6 Å². The lowest BCUT2D eigenvalue weighted by Gasteiger charge is -2.36. The second kappa shape index (κ2) is 6.44. The van der Waals surface area contributed by atoms with Gasteiger partial charge in [-0.25, -0.2) is 9.59 Å². The van der Waals surface area contributed by atoms with E-state index in [1.165, 1.54) is 0 Å². The summed E-state index contributed by atoms with van der Waals surface area (Å²) in [5.74, 6) is 0. The van der Waals surface area contributed by atoms with Gasteiger partial charge in [-0.2, -0.15) is 0 Å². The second-order valence-electron chi connectivity index (χ2n) is 5.60. The van der Waals surface area contributed by atoms with Crippen molar-refractivity contribution >= 4 is 29.4 Å². The average molecular weight is 323 g/mol. The number of carbonyl (C=O) groups is 2. The SMILES string of the molecule is O=C(Nc1ccc(Cl)cc1)N1CCC[C@@H](N2CCNC2=O)C1. The molecule has 0 radical (unpaired) electrons. The van der Waals surface area contributed by atoms with Gasteiger partial charge in [0.15, 0.2) is 0 Å². The van der Waals surface area contributed by atoms with Crippen LogP contribution in [0.5, 0.6) is 0 Å². The number of nitrogens with one attached hydrogen (secondary N) is 2. The Bertz CT molecular complexity index is 563. The molecule has 0 unspecified atom stereocenters. The molecule has 22 heavy (non-hydrogen) atoms. The van der Waals surface area contributed by atoms with Crippen molar-refractivity contribution in [3.8, 4) is 0 Å². The van der Waals surface area contributed by atoms with E-state index in [1.807, 2.05) is 4.90 Å². The average Bonchev–Trinajstić information content (AvgIpc) is 2.96. The third-order valence-corrected chi connectivity index (χ3v) is 4.36. The number of carbonyl (C=O) groups excluding carboxylic acids is 2. The maximum atomic E-state index is 12.4. The van der Waals surface area contributed by atoms with Crippen LogP contribution in [0.2, 0.25) is 5.02 Å². The Morgan fingerprint density at radius 1 is 1.27 bits per heavy atom. The van der Waals surface area contributed by atoms with E-state index in [-0.39, 0.29) is 18.1 Å². The van der Waals surface area contributed by atoms with Gasteiger partial charge in [0.1, 0.15) is 0 Å². The van der Waals surface area contributed by atoms with Gasteiger partial charge < -0.3 is 20.4 Å². The van der Waals surface area contributed by atoms with Crippen LogP contribution in [-0.2, 0) is 0 Å². The van der Waals surface area contributed by atoms with Crippen LogP contribution in [0.1, 0.15) is 12.8 Å². The van der Waals surface area contributed by atoms with E-state index in [0.29, 0.717) is 24.7 Å². The molecular weight excluding hydrogens is 304 g/mol. The predicted octanol–water partition coefficient (Wildman–Crippen LogP) is 2.36. The molecule has 0 saturated carbocycles. The van der Waals surface area contributed by atoms with Crippen LogP contribution >= 0.6 is 11.6 Å². The summed E-state index contributed by atoms with van der Waals surface area (Å²) in [6.07, 6.45) is 1.85. The Hall–Kier alpha value is -1.95. The van der Waals surface area contributed by atoms with Crippen LogP contribution in [0.25, 0.3) is 0 Å². The highest BCUT2D eigenvalue weighted by Gasteiger charge is 2.32. The van der Waals surface area contributed by atoms with Crippen LogP contribution in [0.15, 0.2) is 24.3 Å². The van der Waals surface area contributed by atoms with Gasteiger partial charge in [-0.15, -0.1) is 0 Å². The topological polar surface area (TPSA) is 64.7 Å². The fourth-order valence-corrected chi connectivity index (χ4v) is 3.09. The van der Waals surface area contributed by atoms with Crippen molar-refractivity contribution < 1.29 is 9.59 Å². The number of halogens is 1. The van der Waals surface area contributed by atoms with E-state index in [1.54, 1.807) is 29.2 Å². The summed E-state index contributed by atoms with van der Waals surface area (Å²) in [7, 11) is 0. The number of likely N-dealkylation sites (tertiary alicyclic amines) is 1. The minimum Gasteiger partial charge on any atom is -0.336 e. The number of rotatable bonds is 2. The molecule has 1 atom stereocenters. The smallest absolute Gasteiger partial charge is 0.321 e. The fraction of sp³-hybridized carbons (Fsp3) is 0.467. The van der Waals surface area contributed by atoms with E-state index in [0.717, 1.165) is 25.1 Å². The summed E-state index contributed by atoms with van der Waals surface area (Å²) in [6.45, 7) is 2.70. The van der Waals surface area contributed by atoms with Gasteiger partial charge in [-0.1, -0.05) is 11.6 Å². The maximum absolute atomic E-state index is 12.4. The van der Waals surface area contributed by atoms with Gasteiger partial charge in [0, 0.05) is 36.9 Å². The minimum atomic E-state index is -0.133.